The van der Waals surface area contributed by atoms with Crippen LogP contribution >= 0.6 is 0 Å². The molecule has 0 bridgehead atoms. The fourth-order valence-corrected chi connectivity index (χ4v) is 1.55. The van der Waals surface area contributed by atoms with Crippen molar-refractivity contribution in [2.24, 2.45) is 0 Å². The Morgan fingerprint density at radius 1 is 1.24 bits per heavy atom. The minimum Gasteiger partial charge on any atom is -0.481 e. The first-order valence-corrected chi connectivity index (χ1v) is 5.21. The molecule has 2 N–H and O–H groups in total. The summed E-state index contributed by atoms with van der Waals surface area (Å²) in [6.07, 6.45) is 3.09. The number of carbonyl (C=O) groups is 2. The molecule has 0 aromatic heterocycles. The number of benzene rings is 1. The molecule has 0 aliphatic rings. The molecule has 90 valence electrons. The maximum Gasteiger partial charge on any atom is 0.328 e. The Morgan fingerprint density at radius 3 is 2.53 bits per heavy atom. The predicted molar refractivity (Wildman–Crippen MR) is 63.8 cm³/mol. The number of hydrogen-bond acceptors (Lipinski definition) is 2. The fourth-order valence-electron chi connectivity index (χ4n) is 1.55. The zero-order chi connectivity index (χ0) is 12.8. The zero-order valence-corrected chi connectivity index (χ0v) is 9.51. The molecule has 4 heteroatoms. The minimum absolute atomic E-state index is 0.0749. The molecule has 0 aliphatic carbocycles. The van der Waals surface area contributed by atoms with Gasteiger partial charge in [-0.3, -0.25) is 4.79 Å². The summed E-state index contributed by atoms with van der Waals surface area (Å²) in [6, 6.07) is 5.56. The summed E-state index contributed by atoms with van der Waals surface area (Å²) in [5.74, 6) is -1.84. The van der Waals surface area contributed by atoms with E-state index in [-0.39, 0.29) is 6.42 Å². The smallest absolute Gasteiger partial charge is 0.328 e. The van der Waals surface area contributed by atoms with Crippen LogP contribution in [0, 0.1) is 6.92 Å². The van der Waals surface area contributed by atoms with Crippen LogP contribution < -0.4 is 0 Å². The topological polar surface area (TPSA) is 74.6 Å². The third-order valence-corrected chi connectivity index (χ3v) is 2.21. The SMILES string of the molecule is Cc1cc(/C=C/C(=O)O)cc(CCC(=O)O)c1. The number of carboxylic acid groups (broad SMARTS) is 2. The van der Waals surface area contributed by atoms with Crippen molar-refractivity contribution in [3.05, 3.63) is 41.0 Å². The quantitative estimate of drug-likeness (QED) is 0.765. The van der Waals surface area contributed by atoms with Crippen LogP contribution in [0.5, 0.6) is 0 Å². The molecule has 1 aromatic carbocycles. The van der Waals surface area contributed by atoms with E-state index in [2.05, 4.69) is 0 Å². The second kappa shape index (κ2) is 5.84. The van der Waals surface area contributed by atoms with Gasteiger partial charge in [0.05, 0.1) is 0 Å². The molecule has 0 radical (unpaired) electrons. The van der Waals surface area contributed by atoms with Gasteiger partial charge in [0, 0.05) is 12.5 Å². The van der Waals surface area contributed by atoms with Gasteiger partial charge < -0.3 is 10.2 Å². The van der Waals surface area contributed by atoms with Gasteiger partial charge in [0.1, 0.15) is 0 Å². The summed E-state index contributed by atoms with van der Waals surface area (Å²) in [6.45, 7) is 1.89. The first-order valence-electron chi connectivity index (χ1n) is 5.21. The monoisotopic (exact) mass is 234 g/mol. The molecule has 17 heavy (non-hydrogen) atoms. The molecule has 0 amide bonds. The molecule has 0 atom stereocenters. The van der Waals surface area contributed by atoms with Crippen LogP contribution in [0.1, 0.15) is 23.1 Å². The van der Waals surface area contributed by atoms with Crippen molar-refractivity contribution in [2.45, 2.75) is 19.8 Å². The number of hydrogen-bond donors (Lipinski definition) is 2. The van der Waals surface area contributed by atoms with Crippen LogP contribution in [0.3, 0.4) is 0 Å². The van der Waals surface area contributed by atoms with E-state index < -0.39 is 11.9 Å². The summed E-state index contributed by atoms with van der Waals surface area (Å²) in [7, 11) is 0. The average Bonchev–Trinajstić information content (AvgIpc) is 2.23. The molecule has 0 saturated heterocycles. The largest absolute Gasteiger partial charge is 0.481 e. The lowest BCUT2D eigenvalue weighted by Crippen LogP contribution is -1.98. The van der Waals surface area contributed by atoms with Gasteiger partial charge in [0.2, 0.25) is 0 Å². The van der Waals surface area contributed by atoms with Crippen LogP contribution in [0.2, 0.25) is 0 Å². The number of aryl methyl sites for hydroxylation is 2. The van der Waals surface area contributed by atoms with Crippen molar-refractivity contribution in [3.8, 4) is 0 Å². The van der Waals surface area contributed by atoms with Gasteiger partial charge in [-0.05, 0) is 30.5 Å². The average molecular weight is 234 g/mol. The van der Waals surface area contributed by atoms with Crippen molar-refractivity contribution in [1.29, 1.82) is 0 Å². The van der Waals surface area contributed by atoms with Crippen LogP contribution in [-0.2, 0) is 16.0 Å². The Labute approximate surface area is 99.2 Å². The van der Waals surface area contributed by atoms with Gasteiger partial charge >= 0.3 is 11.9 Å². The maximum atomic E-state index is 10.5. The van der Waals surface area contributed by atoms with Gasteiger partial charge in [-0.2, -0.15) is 0 Å². The highest BCUT2D eigenvalue weighted by Crippen LogP contribution is 2.13. The van der Waals surface area contributed by atoms with Gasteiger partial charge in [-0.25, -0.2) is 4.79 Å². The summed E-state index contributed by atoms with van der Waals surface area (Å²) >= 11 is 0. The minimum atomic E-state index is -1.00. The van der Waals surface area contributed by atoms with E-state index in [0.29, 0.717) is 6.42 Å². The van der Waals surface area contributed by atoms with Crippen LogP contribution in [0.4, 0.5) is 0 Å². The molecule has 0 saturated carbocycles. The van der Waals surface area contributed by atoms with E-state index in [9.17, 15) is 9.59 Å². The molecule has 4 nitrogen and oxygen atoms in total. The Hall–Kier alpha value is -2.10. The van der Waals surface area contributed by atoms with Crippen molar-refractivity contribution >= 4 is 18.0 Å². The number of rotatable bonds is 5. The summed E-state index contributed by atoms with van der Waals surface area (Å²) in [5, 5.41) is 17.1. The van der Waals surface area contributed by atoms with E-state index in [1.807, 2.05) is 19.1 Å². The molecule has 0 spiro atoms. The first-order chi connectivity index (χ1) is 7.97. The normalized spacial score (nSPS) is 10.6. The standard InChI is InChI=1S/C13H14O4/c1-9-6-10(2-4-12(14)15)8-11(7-9)3-5-13(16)17/h2,4,6-8H,3,5H2,1H3,(H,14,15)(H,16,17)/b4-2+. The highest BCUT2D eigenvalue weighted by molar-refractivity contribution is 5.85. The highest BCUT2D eigenvalue weighted by atomic mass is 16.4. The van der Waals surface area contributed by atoms with Crippen molar-refractivity contribution < 1.29 is 19.8 Å². The lowest BCUT2D eigenvalue weighted by Gasteiger charge is -2.03. The van der Waals surface area contributed by atoms with E-state index in [1.165, 1.54) is 6.08 Å². The van der Waals surface area contributed by atoms with E-state index >= 15 is 0 Å². The van der Waals surface area contributed by atoms with Gasteiger partial charge in [-0.15, -0.1) is 0 Å². The molecule has 0 heterocycles. The fraction of sp³-hybridized carbons (Fsp3) is 0.231. The molecule has 1 rings (SSSR count). The van der Waals surface area contributed by atoms with Gasteiger partial charge in [0.25, 0.3) is 0 Å². The van der Waals surface area contributed by atoms with Crippen LogP contribution in [0.15, 0.2) is 24.3 Å². The van der Waals surface area contributed by atoms with Gasteiger partial charge in [0.15, 0.2) is 0 Å². The summed E-state index contributed by atoms with van der Waals surface area (Å²) < 4.78 is 0. The van der Waals surface area contributed by atoms with E-state index in [4.69, 9.17) is 10.2 Å². The number of carboxylic acids is 2. The van der Waals surface area contributed by atoms with Crippen molar-refractivity contribution in [3.63, 3.8) is 0 Å². The number of aliphatic carboxylic acids is 2. The summed E-state index contributed by atoms with van der Waals surface area (Å²) in [5.41, 5.74) is 2.66. The Kier molecular flexibility index (Phi) is 4.46. The molecule has 0 fully saturated rings. The molecule has 0 aliphatic heterocycles. The molecular weight excluding hydrogens is 220 g/mol. The Balaban J connectivity index is 2.86. The van der Waals surface area contributed by atoms with Crippen molar-refractivity contribution in [1.82, 2.24) is 0 Å². The van der Waals surface area contributed by atoms with E-state index in [0.717, 1.165) is 22.8 Å². The maximum absolute atomic E-state index is 10.5. The first kappa shape index (κ1) is 13.0. The highest BCUT2D eigenvalue weighted by Gasteiger charge is 2.01. The second-order valence-electron chi connectivity index (χ2n) is 3.82. The van der Waals surface area contributed by atoms with Crippen molar-refractivity contribution in [2.75, 3.05) is 0 Å². The Bertz CT molecular complexity index is 460. The predicted octanol–water partition coefficient (Wildman–Crippen LogP) is 2.11. The van der Waals surface area contributed by atoms with Gasteiger partial charge in [-0.1, -0.05) is 23.8 Å². The Morgan fingerprint density at radius 2 is 1.94 bits per heavy atom. The zero-order valence-electron chi connectivity index (χ0n) is 9.51. The van der Waals surface area contributed by atoms with E-state index in [1.54, 1.807) is 6.07 Å². The lowest BCUT2D eigenvalue weighted by molar-refractivity contribution is -0.137. The molecular formula is C13H14O4. The lowest BCUT2D eigenvalue weighted by atomic mass is 10.0. The third kappa shape index (κ3) is 4.97. The molecule has 0 unspecified atom stereocenters. The molecule has 1 aromatic rings. The summed E-state index contributed by atoms with van der Waals surface area (Å²) in [4.78, 5) is 20.9. The van der Waals surface area contributed by atoms with Crippen LogP contribution in [0.25, 0.3) is 6.08 Å². The second-order valence-corrected chi connectivity index (χ2v) is 3.82. The third-order valence-electron chi connectivity index (χ3n) is 2.21. The van der Waals surface area contributed by atoms with Crippen LogP contribution in [-0.4, -0.2) is 22.2 Å².